The van der Waals surface area contributed by atoms with Gasteiger partial charge >= 0.3 is 0 Å². The summed E-state index contributed by atoms with van der Waals surface area (Å²) in [5.74, 6) is 0. The van der Waals surface area contributed by atoms with E-state index in [1.54, 1.807) is 0 Å². The van der Waals surface area contributed by atoms with Crippen molar-refractivity contribution in [2.45, 2.75) is 40.5 Å². The summed E-state index contributed by atoms with van der Waals surface area (Å²) in [6.45, 7) is 12.5. The van der Waals surface area contributed by atoms with Crippen LogP contribution in [0.25, 0.3) is 0 Å². The molecule has 2 aliphatic rings. The van der Waals surface area contributed by atoms with Crippen molar-refractivity contribution in [3.63, 3.8) is 0 Å². The lowest BCUT2D eigenvalue weighted by Gasteiger charge is -2.39. The first kappa shape index (κ1) is 13.0. The Balaban J connectivity index is 0.00000112. The highest BCUT2D eigenvalue weighted by atomic mass is 15.2. The first-order valence-corrected chi connectivity index (χ1v) is 6.23. The molecular weight excluding hydrogens is 184 g/mol. The van der Waals surface area contributed by atoms with Crippen LogP contribution < -0.4 is 0 Å². The van der Waals surface area contributed by atoms with Crippen molar-refractivity contribution in [1.29, 1.82) is 0 Å². The molecule has 1 spiro atoms. The van der Waals surface area contributed by atoms with E-state index in [1.807, 2.05) is 0 Å². The third-order valence-corrected chi connectivity index (χ3v) is 4.33. The molecule has 0 aliphatic carbocycles. The zero-order chi connectivity index (χ0) is 10.0. The summed E-state index contributed by atoms with van der Waals surface area (Å²) in [5.41, 5.74) is 0.710. The van der Waals surface area contributed by atoms with E-state index >= 15 is 0 Å². The van der Waals surface area contributed by atoms with E-state index in [1.165, 1.54) is 58.5 Å². The molecule has 0 atom stereocenters. The zero-order valence-corrected chi connectivity index (χ0v) is 9.76. The number of hydrogen-bond acceptors (Lipinski definition) is 2. The molecule has 0 aromatic rings. The van der Waals surface area contributed by atoms with Gasteiger partial charge in [0.15, 0.2) is 0 Å². The van der Waals surface area contributed by atoms with Gasteiger partial charge < -0.3 is 9.80 Å². The molecule has 0 amide bonds. The Morgan fingerprint density at radius 1 is 0.867 bits per heavy atom. The molecule has 0 bridgehead atoms. The van der Waals surface area contributed by atoms with Crippen LogP contribution in [0, 0.1) is 5.41 Å². The van der Waals surface area contributed by atoms with Crippen LogP contribution in [0.2, 0.25) is 0 Å². The van der Waals surface area contributed by atoms with Crippen LogP contribution in [0.3, 0.4) is 0 Å². The van der Waals surface area contributed by atoms with Gasteiger partial charge in [-0.1, -0.05) is 21.3 Å². The molecule has 0 N–H and O–H groups in total. The minimum Gasteiger partial charge on any atom is -0.304 e. The van der Waals surface area contributed by atoms with Crippen molar-refractivity contribution < 1.29 is 0 Å². The first-order valence-electron chi connectivity index (χ1n) is 6.23. The molecule has 2 nitrogen and oxygen atoms in total. The fourth-order valence-corrected chi connectivity index (χ4v) is 3.05. The Hall–Kier alpha value is -0.0800. The van der Waals surface area contributed by atoms with Gasteiger partial charge in [-0.2, -0.15) is 0 Å². The second kappa shape index (κ2) is 5.31. The SMILES string of the molecule is C.CCN1CCC2(CC1)CCN(CC)C2. The Bertz CT molecular complexity index is 183. The first-order chi connectivity index (χ1) is 6.78. The highest BCUT2D eigenvalue weighted by Crippen LogP contribution is 2.39. The van der Waals surface area contributed by atoms with Gasteiger partial charge in [0.05, 0.1) is 0 Å². The molecule has 2 fully saturated rings. The highest BCUT2D eigenvalue weighted by molar-refractivity contribution is 4.93. The Morgan fingerprint density at radius 3 is 1.73 bits per heavy atom. The van der Waals surface area contributed by atoms with E-state index in [2.05, 4.69) is 23.6 Å². The molecular formula is C13H28N2. The highest BCUT2D eigenvalue weighted by Gasteiger charge is 2.39. The van der Waals surface area contributed by atoms with E-state index in [4.69, 9.17) is 0 Å². The number of rotatable bonds is 2. The molecule has 2 heteroatoms. The monoisotopic (exact) mass is 212 g/mol. The van der Waals surface area contributed by atoms with E-state index in [9.17, 15) is 0 Å². The minimum absolute atomic E-state index is 0. The van der Waals surface area contributed by atoms with Gasteiger partial charge in [0.1, 0.15) is 0 Å². The molecule has 0 radical (unpaired) electrons. The van der Waals surface area contributed by atoms with Gasteiger partial charge in [-0.05, 0) is 57.4 Å². The van der Waals surface area contributed by atoms with Crippen molar-refractivity contribution in [2.75, 3.05) is 39.3 Å². The van der Waals surface area contributed by atoms with E-state index in [-0.39, 0.29) is 7.43 Å². The number of hydrogen-bond donors (Lipinski definition) is 0. The normalized spacial score (nSPS) is 26.8. The molecule has 0 unspecified atom stereocenters. The van der Waals surface area contributed by atoms with Crippen molar-refractivity contribution in [1.82, 2.24) is 9.80 Å². The predicted octanol–water partition coefficient (Wildman–Crippen LogP) is 2.45. The summed E-state index contributed by atoms with van der Waals surface area (Å²) < 4.78 is 0. The van der Waals surface area contributed by atoms with Gasteiger partial charge in [-0.3, -0.25) is 0 Å². The summed E-state index contributed by atoms with van der Waals surface area (Å²) >= 11 is 0. The van der Waals surface area contributed by atoms with Crippen molar-refractivity contribution in [2.24, 2.45) is 5.41 Å². The topological polar surface area (TPSA) is 6.48 Å². The molecule has 0 saturated carbocycles. The lowest BCUT2D eigenvalue weighted by atomic mass is 9.78. The Labute approximate surface area is 95.6 Å². The summed E-state index contributed by atoms with van der Waals surface area (Å²) in [7, 11) is 0. The van der Waals surface area contributed by atoms with Gasteiger partial charge in [0.25, 0.3) is 0 Å². The van der Waals surface area contributed by atoms with Gasteiger partial charge in [0.2, 0.25) is 0 Å². The number of nitrogens with zero attached hydrogens (tertiary/aromatic N) is 2. The largest absolute Gasteiger partial charge is 0.304 e. The molecule has 0 aromatic carbocycles. The average Bonchev–Trinajstić information content (AvgIpc) is 2.63. The lowest BCUT2D eigenvalue weighted by molar-refractivity contribution is 0.112. The quantitative estimate of drug-likeness (QED) is 0.694. The second-order valence-corrected chi connectivity index (χ2v) is 5.05. The van der Waals surface area contributed by atoms with E-state index < -0.39 is 0 Å². The number of likely N-dealkylation sites (tertiary alicyclic amines) is 2. The maximum absolute atomic E-state index is 2.63. The van der Waals surface area contributed by atoms with E-state index in [0.29, 0.717) is 5.41 Å². The Morgan fingerprint density at radius 2 is 1.33 bits per heavy atom. The molecule has 2 aliphatic heterocycles. The maximum Gasteiger partial charge on any atom is 0.00393 e. The van der Waals surface area contributed by atoms with Crippen LogP contribution in [0.5, 0.6) is 0 Å². The van der Waals surface area contributed by atoms with Crippen molar-refractivity contribution >= 4 is 0 Å². The van der Waals surface area contributed by atoms with Crippen LogP contribution in [-0.2, 0) is 0 Å². The van der Waals surface area contributed by atoms with Crippen LogP contribution in [0.1, 0.15) is 40.5 Å². The smallest absolute Gasteiger partial charge is 0.00393 e. The zero-order valence-electron chi connectivity index (χ0n) is 9.76. The van der Waals surface area contributed by atoms with Gasteiger partial charge in [-0.25, -0.2) is 0 Å². The molecule has 2 saturated heterocycles. The fraction of sp³-hybridized carbons (Fsp3) is 1.00. The lowest BCUT2D eigenvalue weighted by Crippen LogP contribution is -2.41. The summed E-state index contributed by atoms with van der Waals surface area (Å²) in [6.07, 6.45) is 4.34. The summed E-state index contributed by atoms with van der Waals surface area (Å²) in [6, 6.07) is 0. The van der Waals surface area contributed by atoms with Crippen LogP contribution in [0.4, 0.5) is 0 Å². The van der Waals surface area contributed by atoms with Crippen LogP contribution >= 0.6 is 0 Å². The summed E-state index contributed by atoms with van der Waals surface area (Å²) in [5, 5.41) is 0. The fourth-order valence-electron chi connectivity index (χ4n) is 3.05. The van der Waals surface area contributed by atoms with Gasteiger partial charge in [-0.15, -0.1) is 0 Å². The average molecular weight is 212 g/mol. The third-order valence-electron chi connectivity index (χ3n) is 4.33. The minimum atomic E-state index is 0. The van der Waals surface area contributed by atoms with Gasteiger partial charge in [0, 0.05) is 6.54 Å². The standard InChI is InChI=1S/C12H24N2.CH4/c1-3-13-8-5-12(6-9-13)7-10-14(4-2)11-12;/h3-11H2,1-2H3;1H4. The molecule has 15 heavy (non-hydrogen) atoms. The predicted molar refractivity (Wildman–Crippen MR) is 67.2 cm³/mol. The van der Waals surface area contributed by atoms with Crippen molar-refractivity contribution in [3.8, 4) is 0 Å². The maximum atomic E-state index is 2.63. The third kappa shape index (κ3) is 2.73. The molecule has 0 aromatic heterocycles. The number of piperidine rings is 1. The molecule has 2 rings (SSSR count). The van der Waals surface area contributed by atoms with Crippen LogP contribution in [-0.4, -0.2) is 49.1 Å². The molecule has 2 heterocycles. The van der Waals surface area contributed by atoms with E-state index in [0.717, 1.165) is 0 Å². The molecule has 90 valence electrons. The summed E-state index contributed by atoms with van der Waals surface area (Å²) in [4.78, 5) is 5.22. The van der Waals surface area contributed by atoms with Crippen LogP contribution in [0.15, 0.2) is 0 Å². The Kier molecular flexibility index (Phi) is 4.60. The van der Waals surface area contributed by atoms with Crippen molar-refractivity contribution in [3.05, 3.63) is 0 Å². The second-order valence-electron chi connectivity index (χ2n) is 5.05.